The van der Waals surface area contributed by atoms with E-state index in [2.05, 4.69) is 6.58 Å². The molecule has 2 saturated heterocycles. The van der Waals surface area contributed by atoms with Crippen LogP contribution in [0.5, 0.6) is 0 Å². The van der Waals surface area contributed by atoms with Gasteiger partial charge in [0.2, 0.25) is 0 Å². The van der Waals surface area contributed by atoms with Gasteiger partial charge in [0.25, 0.3) is 0 Å². The fourth-order valence-corrected chi connectivity index (χ4v) is 2.21. The normalized spacial score (nSPS) is 23.0. The summed E-state index contributed by atoms with van der Waals surface area (Å²) in [7, 11) is 0. The third-order valence-corrected chi connectivity index (χ3v) is 3.67. The van der Waals surface area contributed by atoms with Gasteiger partial charge in [0.05, 0.1) is 25.4 Å². The van der Waals surface area contributed by atoms with Crippen molar-refractivity contribution in [2.24, 2.45) is 0 Å². The Labute approximate surface area is 119 Å². The highest BCUT2D eigenvalue weighted by molar-refractivity contribution is 5.13. The second-order valence-corrected chi connectivity index (χ2v) is 5.19. The molecule has 2 atom stereocenters. The molecule has 3 heterocycles. The fourth-order valence-electron chi connectivity index (χ4n) is 2.21. The van der Waals surface area contributed by atoms with Gasteiger partial charge in [0.15, 0.2) is 0 Å². The van der Waals surface area contributed by atoms with Crippen molar-refractivity contribution >= 4 is 6.20 Å². The number of ether oxygens (including phenoxy) is 2. The van der Waals surface area contributed by atoms with E-state index < -0.39 is 17.1 Å². The number of aromatic nitrogens is 3. The first-order valence-corrected chi connectivity index (χ1v) is 6.93. The Morgan fingerprint density at radius 1 is 0.952 bits per heavy atom. The molecular formula is C13H17N3O5. The molecular weight excluding hydrogens is 278 g/mol. The highest BCUT2D eigenvalue weighted by Crippen LogP contribution is 2.14. The average Bonchev–Trinajstić information content (AvgIpc) is 3.33. The van der Waals surface area contributed by atoms with Gasteiger partial charge in [-0.1, -0.05) is 6.58 Å². The minimum atomic E-state index is -0.653. The van der Waals surface area contributed by atoms with Gasteiger partial charge >= 0.3 is 17.1 Å². The van der Waals surface area contributed by atoms with Gasteiger partial charge in [-0.25, -0.2) is 28.1 Å². The Balaban J connectivity index is 1.97. The van der Waals surface area contributed by atoms with Crippen molar-refractivity contribution in [3.8, 4) is 0 Å². The van der Waals surface area contributed by atoms with Crippen LogP contribution in [0.15, 0.2) is 21.0 Å². The summed E-state index contributed by atoms with van der Waals surface area (Å²) in [4.78, 5) is 36.6. The van der Waals surface area contributed by atoms with Crippen molar-refractivity contribution in [3.05, 3.63) is 38.0 Å². The molecule has 21 heavy (non-hydrogen) atoms. The number of rotatable bonds is 7. The fraction of sp³-hybridized carbons (Fsp3) is 0.615. The Morgan fingerprint density at radius 2 is 1.38 bits per heavy atom. The van der Waals surface area contributed by atoms with Crippen LogP contribution >= 0.6 is 0 Å². The zero-order chi connectivity index (χ0) is 15.0. The molecule has 0 spiro atoms. The van der Waals surface area contributed by atoms with Crippen molar-refractivity contribution < 1.29 is 9.47 Å². The zero-order valence-corrected chi connectivity index (χ0v) is 11.6. The van der Waals surface area contributed by atoms with Crippen LogP contribution in [0.25, 0.3) is 6.20 Å². The van der Waals surface area contributed by atoms with Gasteiger partial charge in [-0.2, -0.15) is 0 Å². The standard InChI is InChI=1S/C13H17N3O5/c1-2-14-11(17)15(5-3-9-7-20-9)13(19)16(12(14)18)6-4-10-8-21-10/h2,9-10H,1,3-8H2. The predicted molar refractivity (Wildman–Crippen MR) is 74.3 cm³/mol. The van der Waals surface area contributed by atoms with Gasteiger partial charge < -0.3 is 9.47 Å². The first kappa shape index (κ1) is 14.0. The first-order valence-electron chi connectivity index (χ1n) is 6.93. The van der Waals surface area contributed by atoms with Gasteiger partial charge in [0.1, 0.15) is 0 Å². The molecule has 114 valence electrons. The number of hydrogen-bond donors (Lipinski definition) is 0. The maximum atomic E-state index is 12.3. The Morgan fingerprint density at radius 3 is 1.71 bits per heavy atom. The van der Waals surface area contributed by atoms with Crippen LogP contribution in [0.3, 0.4) is 0 Å². The van der Waals surface area contributed by atoms with Crippen molar-refractivity contribution in [3.63, 3.8) is 0 Å². The van der Waals surface area contributed by atoms with E-state index in [9.17, 15) is 14.4 Å². The summed E-state index contributed by atoms with van der Waals surface area (Å²) in [5, 5.41) is 0. The molecule has 2 aliphatic rings. The van der Waals surface area contributed by atoms with Crippen LogP contribution in [-0.2, 0) is 22.6 Å². The Kier molecular flexibility index (Phi) is 3.64. The number of hydrogen-bond acceptors (Lipinski definition) is 5. The molecule has 1 aromatic heterocycles. The number of nitrogens with zero attached hydrogens (tertiary/aromatic N) is 3. The Hall–Kier alpha value is -1.93. The zero-order valence-electron chi connectivity index (χ0n) is 11.6. The van der Waals surface area contributed by atoms with Crippen LogP contribution < -0.4 is 17.1 Å². The summed E-state index contributed by atoms with van der Waals surface area (Å²) in [5.74, 6) is 0. The molecule has 8 nitrogen and oxygen atoms in total. The molecule has 2 fully saturated rings. The highest BCUT2D eigenvalue weighted by atomic mass is 16.6. The van der Waals surface area contributed by atoms with E-state index in [0.29, 0.717) is 26.1 Å². The molecule has 2 aliphatic heterocycles. The van der Waals surface area contributed by atoms with E-state index in [0.717, 1.165) is 19.9 Å². The molecule has 0 bridgehead atoms. The molecule has 0 saturated carbocycles. The van der Waals surface area contributed by atoms with Crippen molar-refractivity contribution in [2.75, 3.05) is 13.2 Å². The smallest absolute Gasteiger partial charge is 0.340 e. The van der Waals surface area contributed by atoms with E-state index in [4.69, 9.17) is 9.47 Å². The van der Waals surface area contributed by atoms with E-state index in [-0.39, 0.29) is 25.3 Å². The molecule has 1 aromatic rings. The molecule has 0 N–H and O–H groups in total. The average molecular weight is 295 g/mol. The van der Waals surface area contributed by atoms with E-state index in [1.54, 1.807) is 0 Å². The van der Waals surface area contributed by atoms with E-state index in [1.807, 2.05) is 0 Å². The van der Waals surface area contributed by atoms with Crippen LogP contribution in [-0.4, -0.2) is 39.1 Å². The lowest BCUT2D eigenvalue weighted by atomic mass is 10.3. The minimum Gasteiger partial charge on any atom is -0.373 e. The summed E-state index contributed by atoms with van der Waals surface area (Å²) in [6.45, 7) is 5.24. The highest BCUT2D eigenvalue weighted by Gasteiger charge is 2.25. The summed E-state index contributed by atoms with van der Waals surface area (Å²) in [6, 6.07) is 0. The maximum Gasteiger partial charge on any atom is 0.340 e. The quantitative estimate of drug-likeness (QED) is 0.592. The summed E-state index contributed by atoms with van der Waals surface area (Å²) in [6.07, 6.45) is 2.51. The molecule has 0 amide bonds. The van der Waals surface area contributed by atoms with Crippen molar-refractivity contribution in [1.82, 2.24) is 13.7 Å². The summed E-state index contributed by atoms with van der Waals surface area (Å²) in [5.41, 5.74) is -1.89. The SMILES string of the molecule is C=Cn1c(=O)n(CCC2CO2)c(=O)n(CCC2CO2)c1=O. The van der Waals surface area contributed by atoms with Gasteiger partial charge in [-0.05, 0) is 12.8 Å². The topological polar surface area (TPSA) is 91.1 Å². The molecule has 0 radical (unpaired) electrons. The van der Waals surface area contributed by atoms with Crippen molar-refractivity contribution in [2.45, 2.75) is 38.1 Å². The summed E-state index contributed by atoms with van der Waals surface area (Å²) >= 11 is 0. The third-order valence-electron chi connectivity index (χ3n) is 3.67. The molecule has 0 aliphatic carbocycles. The van der Waals surface area contributed by atoms with Crippen LogP contribution in [0.4, 0.5) is 0 Å². The minimum absolute atomic E-state index is 0.105. The number of epoxide rings is 2. The van der Waals surface area contributed by atoms with Gasteiger partial charge in [-0.15, -0.1) is 0 Å². The van der Waals surface area contributed by atoms with Gasteiger partial charge in [0, 0.05) is 19.3 Å². The lowest BCUT2D eigenvalue weighted by Gasteiger charge is -2.11. The lowest BCUT2D eigenvalue weighted by molar-refractivity contribution is 0.364. The largest absolute Gasteiger partial charge is 0.373 e. The Bertz CT molecular complexity index is 667. The molecule has 3 rings (SSSR count). The second kappa shape index (κ2) is 5.45. The molecule has 8 heteroatoms. The van der Waals surface area contributed by atoms with E-state index >= 15 is 0 Å². The molecule has 0 aromatic carbocycles. The van der Waals surface area contributed by atoms with E-state index in [1.165, 1.54) is 0 Å². The van der Waals surface area contributed by atoms with Crippen LogP contribution in [0.2, 0.25) is 0 Å². The first-order chi connectivity index (χ1) is 10.1. The predicted octanol–water partition coefficient (Wildman–Crippen LogP) is -1.15. The van der Waals surface area contributed by atoms with Crippen LogP contribution in [0, 0.1) is 0 Å². The molecule has 2 unspecified atom stereocenters. The van der Waals surface area contributed by atoms with Crippen molar-refractivity contribution in [1.29, 1.82) is 0 Å². The third kappa shape index (κ3) is 2.91. The summed E-state index contributed by atoms with van der Waals surface area (Å²) < 4.78 is 13.2. The van der Waals surface area contributed by atoms with Crippen LogP contribution in [0.1, 0.15) is 12.8 Å². The second-order valence-electron chi connectivity index (χ2n) is 5.19. The maximum absolute atomic E-state index is 12.3. The lowest BCUT2D eigenvalue weighted by Crippen LogP contribution is -2.53. The van der Waals surface area contributed by atoms with Gasteiger partial charge in [-0.3, -0.25) is 0 Å². The monoisotopic (exact) mass is 295 g/mol.